The monoisotopic (exact) mass is 385 g/mol. The summed E-state index contributed by atoms with van der Waals surface area (Å²) in [6.45, 7) is 9.76. The van der Waals surface area contributed by atoms with Crippen LogP contribution < -0.4 is 10.2 Å². The van der Waals surface area contributed by atoms with Gasteiger partial charge in [-0.3, -0.25) is 9.59 Å². The molecule has 27 heavy (non-hydrogen) atoms. The SMILES string of the molecule is CCCC(=O)N1c2ccc(-c3csc(NC(=O)C(C)(C)C)n3)cc2C[C@@H]1C. The maximum Gasteiger partial charge on any atom is 0.231 e. The van der Waals surface area contributed by atoms with E-state index in [9.17, 15) is 9.59 Å². The van der Waals surface area contributed by atoms with Crippen molar-refractivity contribution < 1.29 is 9.59 Å². The third-order valence-corrected chi connectivity index (χ3v) is 5.49. The van der Waals surface area contributed by atoms with Gasteiger partial charge >= 0.3 is 0 Å². The molecule has 6 heteroatoms. The summed E-state index contributed by atoms with van der Waals surface area (Å²) in [5, 5.41) is 5.45. The van der Waals surface area contributed by atoms with Crippen molar-refractivity contribution in [3.05, 3.63) is 29.1 Å². The van der Waals surface area contributed by atoms with E-state index in [4.69, 9.17) is 0 Å². The standard InChI is InChI=1S/C21H27N3O2S/c1-6-7-18(25)24-13(2)10-15-11-14(8-9-17(15)24)16-12-27-20(22-16)23-19(26)21(3,4)5/h8-9,11-13H,6-7,10H2,1-5H3,(H,22,23,26)/t13-/m0/s1. The van der Waals surface area contributed by atoms with Crippen LogP contribution in [0.2, 0.25) is 0 Å². The molecular weight excluding hydrogens is 358 g/mol. The van der Waals surface area contributed by atoms with Crippen LogP contribution in [0, 0.1) is 5.41 Å². The van der Waals surface area contributed by atoms with Crippen LogP contribution in [-0.2, 0) is 16.0 Å². The molecule has 5 nitrogen and oxygen atoms in total. The number of fused-ring (bicyclic) bond motifs is 1. The molecule has 0 saturated carbocycles. The molecule has 1 N–H and O–H groups in total. The maximum atomic E-state index is 12.4. The van der Waals surface area contributed by atoms with Crippen molar-refractivity contribution in [3.8, 4) is 11.3 Å². The second-order valence-corrected chi connectivity index (χ2v) is 9.01. The van der Waals surface area contributed by atoms with Gasteiger partial charge in [-0.2, -0.15) is 0 Å². The van der Waals surface area contributed by atoms with Crippen molar-refractivity contribution >= 4 is 34.0 Å². The summed E-state index contributed by atoms with van der Waals surface area (Å²) in [7, 11) is 0. The predicted octanol–water partition coefficient (Wildman–Crippen LogP) is 4.87. The number of benzene rings is 1. The highest BCUT2D eigenvalue weighted by Crippen LogP contribution is 2.36. The summed E-state index contributed by atoms with van der Waals surface area (Å²) in [5.74, 6) is 0.147. The van der Waals surface area contributed by atoms with Gasteiger partial charge in [-0.05, 0) is 37.5 Å². The third kappa shape index (κ3) is 4.05. The number of aromatic nitrogens is 1. The van der Waals surface area contributed by atoms with Crippen molar-refractivity contribution in [2.24, 2.45) is 5.41 Å². The Morgan fingerprint density at radius 2 is 2.07 bits per heavy atom. The van der Waals surface area contributed by atoms with Gasteiger partial charge < -0.3 is 10.2 Å². The number of nitrogens with zero attached hydrogens (tertiary/aromatic N) is 2. The molecule has 144 valence electrons. The molecule has 1 atom stereocenters. The molecule has 2 amide bonds. The fourth-order valence-corrected chi connectivity index (χ4v) is 3.97. The van der Waals surface area contributed by atoms with Crippen LogP contribution in [0.5, 0.6) is 0 Å². The Labute approximate surface area is 164 Å². The molecule has 0 spiro atoms. The van der Waals surface area contributed by atoms with E-state index in [-0.39, 0.29) is 17.9 Å². The van der Waals surface area contributed by atoms with Crippen molar-refractivity contribution in [3.63, 3.8) is 0 Å². The maximum absolute atomic E-state index is 12.4. The van der Waals surface area contributed by atoms with Crippen molar-refractivity contribution in [1.82, 2.24) is 4.98 Å². The number of carbonyl (C=O) groups is 2. The third-order valence-electron chi connectivity index (χ3n) is 4.73. The summed E-state index contributed by atoms with van der Waals surface area (Å²) >= 11 is 1.43. The van der Waals surface area contributed by atoms with E-state index in [0.717, 1.165) is 29.8 Å². The zero-order valence-corrected chi connectivity index (χ0v) is 17.4. The van der Waals surface area contributed by atoms with E-state index in [0.29, 0.717) is 11.6 Å². The van der Waals surface area contributed by atoms with Crippen LogP contribution in [0.1, 0.15) is 53.0 Å². The number of rotatable bonds is 4. The number of anilines is 2. The molecule has 2 aromatic rings. The Morgan fingerprint density at radius 3 is 2.74 bits per heavy atom. The molecule has 0 radical (unpaired) electrons. The smallest absolute Gasteiger partial charge is 0.231 e. The number of amides is 2. The number of hydrogen-bond acceptors (Lipinski definition) is 4. The van der Waals surface area contributed by atoms with Gasteiger partial charge in [0, 0.05) is 34.5 Å². The van der Waals surface area contributed by atoms with E-state index >= 15 is 0 Å². The highest BCUT2D eigenvalue weighted by Gasteiger charge is 2.30. The van der Waals surface area contributed by atoms with E-state index in [1.807, 2.05) is 50.1 Å². The van der Waals surface area contributed by atoms with Crippen LogP contribution in [0.4, 0.5) is 10.8 Å². The fraction of sp³-hybridized carbons (Fsp3) is 0.476. The summed E-state index contributed by atoms with van der Waals surface area (Å²) in [4.78, 5) is 31.1. The van der Waals surface area contributed by atoms with Gasteiger partial charge in [-0.1, -0.05) is 33.8 Å². The second kappa shape index (κ2) is 7.43. The zero-order chi connectivity index (χ0) is 19.8. The minimum absolute atomic E-state index is 0.0451. The normalized spacial score (nSPS) is 16.3. The van der Waals surface area contributed by atoms with E-state index in [2.05, 4.69) is 23.3 Å². The number of carbonyl (C=O) groups excluding carboxylic acids is 2. The van der Waals surface area contributed by atoms with Crippen LogP contribution in [0.25, 0.3) is 11.3 Å². The van der Waals surface area contributed by atoms with Gasteiger partial charge in [0.15, 0.2) is 5.13 Å². The molecule has 3 rings (SSSR count). The zero-order valence-electron chi connectivity index (χ0n) is 16.6. The summed E-state index contributed by atoms with van der Waals surface area (Å²) < 4.78 is 0. The molecule has 2 heterocycles. The Hall–Kier alpha value is -2.21. The molecule has 0 bridgehead atoms. The highest BCUT2D eigenvalue weighted by atomic mass is 32.1. The Balaban J connectivity index is 1.82. The quantitative estimate of drug-likeness (QED) is 0.816. The molecule has 1 aromatic carbocycles. The topological polar surface area (TPSA) is 62.3 Å². The minimum Gasteiger partial charge on any atom is -0.309 e. The second-order valence-electron chi connectivity index (χ2n) is 8.15. The average Bonchev–Trinajstić information content (AvgIpc) is 3.16. The Bertz CT molecular complexity index is 867. The molecule has 0 fully saturated rings. The van der Waals surface area contributed by atoms with Crippen LogP contribution in [-0.4, -0.2) is 22.8 Å². The molecular formula is C21H27N3O2S. The van der Waals surface area contributed by atoms with Crippen molar-refractivity contribution in [2.45, 2.75) is 59.9 Å². The Morgan fingerprint density at radius 1 is 1.33 bits per heavy atom. The average molecular weight is 386 g/mol. The molecule has 0 saturated heterocycles. The van der Waals surface area contributed by atoms with Gasteiger partial charge in [-0.15, -0.1) is 11.3 Å². The van der Waals surface area contributed by atoms with Gasteiger partial charge in [0.25, 0.3) is 0 Å². The molecule has 1 aliphatic rings. The van der Waals surface area contributed by atoms with Gasteiger partial charge in [-0.25, -0.2) is 4.98 Å². The van der Waals surface area contributed by atoms with Crippen LogP contribution in [0.3, 0.4) is 0 Å². The van der Waals surface area contributed by atoms with Gasteiger partial charge in [0.1, 0.15) is 0 Å². The first-order valence-corrected chi connectivity index (χ1v) is 10.3. The highest BCUT2D eigenvalue weighted by molar-refractivity contribution is 7.14. The van der Waals surface area contributed by atoms with E-state index in [1.54, 1.807) is 0 Å². The fourth-order valence-electron chi connectivity index (χ4n) is 3.25. The predicted molar refractivity (Wildman–Crippen MR) is 111 cm³/mol. The first-order chi connectivity index (χ1) is 12.7. The summed E-state index contributed by atoms with van der Waals surface area (Å²) in [6.07, 6.45) is 2.29. The molecule has 0 unspecified atom stereocenters. The largest absolute Gasteiger partial charge is 0.309 e. The lowest BCUT2D eigenvalue weighted by Gasteiger charge is -2.22. The van der Waals surface area contributed by atoms with Crippen molar-refractivity contribution in [1.29, 1.82) is 0 Å². The summed E-state index contributed by atoms with van der Waals surface area (Å²) in [6, 6.07) is 6.34. The number of hydrogen-bond donors (Lipinski definition) is 1. The number of nitrogens with one attached hydrogen (secondary N) is 1. The Kier molecular flexibility index (Phi) is 5.38. The van der Waals surface area contributed by atoms with E-state index in [1.165, 1.54) is 16.9 Å². The van der Waals surface area contributed by atoms with Crippen LogP contribution >= 0.6 is 11.3 Å². The first kappa shape index (κ1) is 19.5. The van der Waals surface area contributed by atoms with E-state index < -0.39 is 5.41 Å². The lowest BCUT2D eigenvalue weighted by atomic mass is 9.96. The lowest BCUT2D eigenvalue weighted by Crippen LogP contribution is -2.35. The van der Waals surface area contributed by atoms with Crippen LogP contribution in [0.15, 0.2) is 23.6 Å². The first-order valence-electron chi connectivity index (χ1n) is 9.43. The lowest BCUT2D eigenvalue weighted by molar-refractivity contribution is -0.123. The molecule has 1 aromatic heterocycles. The van der Waals surface area contributed by atoms with Gasteiger partial charge in [0.2, 0.25) is 11.8 Å². The minimum atomic E-state index is -0.454. The summed E-state index contributed by atoms with van der Waals surface area (Å²) in [5.41, 5.74) is 3.60. The molecule has 1 aliphatic heterocycles. The van der Waals surface area contributed by atoms with Gasteiger partial charge in [0.05, 0.1) is 5.69 Å². The molecule has 0 aliphatic carbocycles. The number of thiazole rings is 1. The van der Waals surface area contributed by atoms with Crippen molar-refractivity contribution in [2.75, 3.05) is 10.2 Å².